The fourth-order valence-corrected chi connectivity index (χ4v) is 2.49. The predicted molar refractivity (Wildman–Crippen MR) is 75.7 cm³/mol. The lowest BCUT2D eigenvalue weighted by Gasteiger charge is -1.99. The zero-order valence-corrected chi connectivity index (χ0v) is 11.1. The zero-order chi connectivity index (χ0) is 14.1. The summed E-state index contributed by atoms with van der Waals surface area (Å²) in [6, 6.07) is 11.1. The van der Waals surface area contributed by atoms with Crippen molar-refractivity contribution in [2.24, 2.45) is 0 Å². The van der Waals surface area contributed by atoms with Crippen molar-refractivity contribution in [1.29, 1.82) is 0 Å². The maximum absolute atomic E-state index is 12.5. The van der Waals surface area contributed by atoms with Gasteiger partial charge in [-0.3, -0.25) is 4.79 Å². The number of hydrogen-bond donors (Lipinski definition) is 2. The highest BCUT2D eigenvalue weighted by Gasteiger charge is 2.19. The molecular formula is C16H15N2O2+. The second-order valence-electron chi connectivity index (χ2n) is 4.83. The number of carbonyl (C=O) groups excluding carboxylic acids is 1. The van der Waals surface area contributed by atoms with Gasteiger partial charge in [0.2, 0.25) is 18.5 Å². The largest absolute Gasteiger partial charge is 0.503 e. The van der Waals surface area contributed by atoms with Gasteiger partial charge >= 0.3 is 0 Å². The van der Waals surface area contributed by atoms with Crippen molar-refractivity contribution >= 4 is 16.7 Å². The van der Waals surface area contributed by atoms with Crippen molar-refractivity contribution in [3.05, 3.63) is 60.0 Å². The van der Waals surface area contributed by atoms with Gasteiger partial charge in [0.15, 0.2) is 11.9 Å². The maximum atomic E-state index is 12.5. The average Bonchev–Trinajstić information content (AvgIpc) is 2.74. The summed E-state index contributed by atoms with van der Waals surface area (Å²) in [6.07, 6.45) is 3.31. The number of nitrogens with one attached hydrogen (secondary N) is 1. The van der Waals surface area contributed by atoms with Crippen LogP contribution in [-0.2, 0) is 6.54 Å². The minimum absolute atomic E-state index is 0.0237. The average molecular weight is 267 g/mol. The first-order chi connectivity index (χ1) is 9.65. The van der Waals surface area contributed by atoms with Gasteiger partial charge in [-0.05, 0) is 19.1 Å². The molecule has 0 saturated carbocycles. The number of benzene rings is 1. The van der Waals surface area contributed by atoms with Crippen LogP contribution in [0, 0.1) is 6.92 Å². The van der Waals surface area contributed by atoms with Gasteiger partial charge in [-0.1, -0.05) is 18.2 Å². The van der Waals surface area contributed by atoms with E-state index in [1.54, 1.807) is 29.1 Å². The number of aromatic nitrogens is 2. The van der Waals surface area contributed by atoms with Crippen molar-refractivity contribution in [2.45, 2.75) is 13.5 Å². The van der Waals surface area contributed by atoms with Crippen LogP contribution in [0.2, 0.25) is 0 Å². The van der Waals surface area contributed by atoms with E-state index in [9.17, 15) is 9.90 Å². The number of pyridine rings is 1. The van der Waals surface area contributed by atoms with Gasteiger partial charge in [0.25, 0.3) is 0 Å². The third-order valence-corrected chi connectivity index (χ3v) is 3.34. The van der Waals surface area contributed by atoms with Crippen LogP contribution in [0.3, 0.4) is 0 Å². The van der Waals surface area contributed by atoms with Gasteiger partial charge in [-0.15, -0.1) is 0 Å². The summed E-state index contributed by atoms with van der Waals surface area (Å²) in [4.78, 5) is 15.7. The van der Waals surface area contributed by atoms with E-state index in [0.29, 0.717) is 0 Å². The van der Waals surface area contributed by atoms with Crippen LogP contribution in [0.15, 0.2) is 48.8 Å². The van der Waals surface area contributed by atoms with Crippen LogP contribution >= 0.6 is 0 Å². The lowest BCUT2D eigenvalue weighted by atomic mass is 10.1. The predicted octanol–water partition coefficient (Wildman–Crippen LogP) is 2.35. The number of hydrogen-bond acceptors (Lipinski definition) is 2. The quantitative estimate of drug-likeness (QED) is 0.565. The second-order valence-corrected chi connectivity index (χ2v) is 4.83. The van der Waals surface area contributed by atoms with E-state index in [0.717, 1.165) is 22.2 Å². The van der Waals surface area contributed by atoms with Crippen molar-refractivity contribution < 1.29 is 14.5 Å². The molecule has 2 aromatic heterocycles. The summed E-state index contributed by atoms with van der Waals surface area (Å²) in [7, 11) is 0. The molecule has 2 N–H and O–H groups in total. The van der Waals surface area contributed by atoms with Gasteiger partial charge in [-0.25, -0.2) is 0 Å². The van der Waals surface area contributed by atoms with Gasteiger partial charge in [0.05, 0.1) is 5.56 Å². The van der Waals surface area contributed by atoms with Crippen LogP contribution in [0.1, 0.15) is 16.1 Å². The summed E-state index contributed by atoms with van der Waals surface area (Å²) < 4.78 is 1.68. The number of H-pyrrole nitrogens is 1. The smallest absolute Gasteiger partial charge is 0.229 e. The van der Waals surface area contributed by atoms with Crippen molar-refractivity contribution in [3.8, 4) is 5.75 Å². The minimum Gasteiger partial charge on any atom is -0.503 e. The Balaban J connectivity index is 1.99. The molecule has 0 saturated heterocycles. The second kappa shape index (κ2) is 4.81. The SMILES string of the molecule is Cc1[nH]c2ccccc2c1C(=O)C[n+]1cccc(O)c1. The molecule has 1 aromatic carbocycles. The molecule has 0 radical (unpaired) electrons. The topological polar surface area (TPSA) is 57.0 Å². The van der Waals surface area contributed by atoms with E-state index >= 15 is 0 Å². The Morgan fingerprint density at radius 3 is 2.85 bits per heavy atom. The molecule has 0 unspecified atom stereocenters. The summed E-state index contributed by atoms with van der Waals surface area (Å²) in [5.74, 6) is 0.173. The molecule has 4 nitrogen and oxygen atoms in total. The van der Waals surface area contributed by atoms with Gasteiger partial charge < -0.3 is 10.1 Å². The molecule has 0 aliphatic carbocycles. The first-order valence-electron chi connectivity index (χ1n) is 6.44. The van der Waals surface area contributed by atoms with Gasteiger partial charge in [0, 0.05) is 22.7 Å². The normalized spacial score (nSPS) is 10.8. The Hall–Kier alpha value is -2.62. The summed E-state index contributed by atoms with van der Waals surface area (Å²) in [5.41, 5.74) is 2.56. The fraction of sp³-hybridized carbons (Fsp3) is 0.125. The molecule has 20 heavy (non-hydrogen) atoms. The molecule has 100 valence electrons. The molecule has 3 aromatic rings. The number of fused-ring (bicyclic) bond motifs is 1. The van der Waals surface area contributed by atoms with Gasteiger partial charge in [0.1, 0.15) is 0 Å². The Bertz CT molecular complexity index is 790. The van der Waals surface area contributed by atoms with E-state index in [-0.39, 0.29) is 18.1 Å². The highest BCUT2D eigenvalue weighted by Crippen LogP contribution is 2.22. The summed E-state index contributed by atoms with van der Waals surface area (Å²) in [5, 5.41) is 10.4. The monoisotopic (exact) mass is 267 g/mol. The van der Waals surface area contributed by atoms with Crippen LogP contribution < -0.4 is 4.57 Å². The Labute approximate surface area is 116 Å². The first kappa shape index (κ1) is 12.4. The molecule has 0 aliphatic heterocycles. The number of nitrogens with zero attached hydrogens (tertiary/aromatic N) is 1. The van der Waals surface area contributed by atoms with Crippen LogP contribution in [0.4, 0.5) is 0 Å². The molecule has 2 heterocycles. The molecule has 4 heteroatoms. The number of ketones is 1. The highest BCUT2D eigenvalue weighted by molar-refractivity contribution is 6.08. The molecule has 0 spiro atoms. The van der Waals surface area contributed by atoms with E-state index in [1.807, 2.05) is 31.2 Å². The first-order valence-corrected chi connectivity index (χ1v) is 6.44. The number of Topliss-reactive ketones (excluding diaryl/α,β-unsaturated/α-hetero) is 1. The summed E-state index contributed by atoms with van der Waals surface area (Å²) in [6.45, 7) is 2.11. The third kappa shape index (κ3) is 2.16. The number of para-hydroxylation sites is 1. The van der Waals surface area contributed by atoms with Crippen LogP contribution in [0.25, 0.3) is 10.9 Å². The van der Waals surface area contributed by atoms with Crippen LogP contribution in [-0.4, -0.2) is 15.9 Å². The van der Waals surface area contributed by atoms with Crippen molar-refractivity contribution in [3.63, 3.8) is 0 Å². The number of aryl methyl sites for hydroxylation is 1. The number of carbonyl (C=O) groups is 1. The number of rotatable bonds is 3. The molecular weight excluding hydrogens is 252 g/mol. The lowest BCUT2D eigenvalue weighted by Crippen LogP contribution is -2.37. The minimum atomic E-state index is 0.0237. The van der Waals surface area contributed by atoms with Crippen molar-refractivity contribution in [1.82, 2.24) is 4.98 Å². The molecule has 0 amide bonds. The number of aromatic hydroxyl groups is 1. The zero-order valence-electron chi connectivity index (χ0n) is 11.1. The van der Waals surface area contributed by atoms with Crippen LogP contribution in [0.5, 0.6) is 5.75 Å². The third-order valence-electron chi connectivity index (χ3n) is 3.34. The molecule has 0 bridgehead atoms. The van der Waals surface area contributed by atoms with E-state index in [4.69, 9.17) is 0 Å². The Morgan fingerprint density at radius 1 is 1.25 bits per heavy atom. The Morgan fingerprint density at radius 2 is 2.05 bits per heavy atom. The fourth-order valence-electron chi connectivity index (χ4n) is 2.49. The Kier molecular flexibility index (Phi) is 2.99. The van der Waals surface area contributed by atoms with E-state index in [2.05, 4.69) is 4.98 Å². The summed E-state index contributed by atoms with van der Waals surface area (Å²) >= 11 is 0. The van der Waals surface area contributed by atoms with Gasteiger partial charge in [-0.2, -0.15) is 4.57 Å². The molecule has 0 aliphatic rings. The lowest BCUT2D eigenvalue weighted by molar-refractivity contribution is -0.683. The highest BCUT2D eigenvalue weighted by atomic mass is 16.3. The molecule has 0 atom stereocenters. The van der Waals surface area contributed by atoms with E-state index in [1.165, 1.54) is 0 Å². The van der Waals surface area contributed by atoms with Crippen molar-refractivity contribution in [2.75, 3.05) is 0 Å². The van der Waals surface area contributed by atoms with E-state index < -0.39 is 0 Å². The standard InChI is InChI=1S/C16H14N2O2/c1-11-16(13-6-2-3-7-14(13)17-11)15(20)10-18-8-4-5-12(19)9-18/h2-9H,10H2,1H3,(H-,17,19,20)/p+1. The molecule has 0 fully saturated rings. The maximum Gasteiger partial charge on any atom is 0.229 e. The number of aromatic amines is 1. The molecule has 3 rings (SSSR count).